The van der Waals surface area contributed by atoms with Gasteiger partial charge in [0.05, 0.1) is 9.80 Å². The van der Waals surface area contributed by atoms with Gasteiger partial charge in [0.2, 0.25) is 0 Å². The summed E-state index contributed by atoms with van der Waals surface area (Å²) in [5.74, 6) is -0.221. The van der Waals surface area contributed by atoms with Crippen molar-refractivity contribution in [1.82, 2.24) is 10.2 Å². The van der Waals surface area contributed by atoms with Crippen LogP contribution in [0.5, 0.6) is 0 Å². The number of carbonyl (C=O) groups excluding carboxylic acids is 1. The first kappa shape index (κ1) is 14.0. The minimum Gasteiger partial charge on any atom is -0.350 e. The molecule has 6 nitrogen and oxygen atoms in total. The highest BCUT2D eigenvalue weighted by molar-refractivity contribution is 7.17. The molecule has 2 heterocycles. The Hall–Kier alpha value is -1.47. The van der Waals surface area contributed by atoms with E-state index in [0.29, 0.717) is 17.5 Å². The maximum absolute atomic E-state index is 11.9. The maximum Gasteiger partial charge on any atom is 0.324 e. The SMILES string of the molecule is CCN1CCCC1CNC(=O)c1ccc([N+](=O)[O-])s1. The fraction of sp³-hybridized carbons (Fsp3) is 0.583. The van der Waals surface area contributed by atoms with Gasteiger partial charge in [-0.2, -0.15) is 0 Å². The average molecular weight is 283 g/mol. The molecule has 1 aliphatic rings. The van der Waals surface area contributed by atoms with Gasteiger partial charge in [-0.15, -0.1) is 0 Å². The van der Waals surface area contributed by atoms with Crippen LogP contribution in [0.3, 0.4) is 0 Å². The highest BCUT2D eigenvalue weighted by Crippen LogP contribution is 2.24. The molecule has 0 aliphatic carbocycles. The molecular weight excluding hydrogens is 266 g/mol. The predicted octanol–water partition coefficient (Wildman–Crippen LogP) is 1.87. The highest BCUT2D eigenvalue weighted by Gasteiger charge is 2.24. The second kappa shape index (κ2) is 6.12. The van der Waals surface area contributed by atoms with Crippen molar-refractivity contribution in [2.45, 2.75) is 25.8 Å². The van der Waals surface area contributed by atoms with Crippen LogP contribution < -0.4 is 5.32 Å². The molecule has 1 aromatic heterocycles. The molecule has 1 atom stereocenters. The van der Waals surface area contributed by atoms with Crippen molar-refractivity contribution in [1.29, 1.82) is 0 Å². The van der Waals surface area contributed by atoms with Gasteiger partial charge in [0, 0.05) is 18.7 Å². The van der Waals surface area contributed by atoms with Crippen molar-refractivity contribution in [2.24, 2.45) is 0 Å². The summed E-state index contributed by atoms with van der Waals surface area (Å²) in [5.41, 5.74) is 0. The normalized spacial score (nSPS) is 19.5. The molecule has 1 saturated heterocycles. The lowest BCUT2D eigenvalue weighted by molar-refractivity contribution is -0.380. The number of nitrogens with one attached hydrogen (secondary N) is 1. The zero-order chi connectivity index (χ0) is 13.8. The number of rotatable bonds is 5. The van der Waals surface area contributed by atoms with Gasteiger partial charge in [0.25, 0.3) is 5.91 Å². The Bertz CT molecular complexity index is 475. The monoisotopic (exact) mass is 283 g/mol. The molecule has 1 fully saturated rings. The summed E-state index contributed by atoms with van der Waals surface area (Å²) in [7, 11) is 0. The van der Waals surface area contributed by atoms with Crippen molar-refractivity contribution in [3.05, 3.63) is 27.1 Å². The molecule has 104 valence electrons. The second-order valence-electron chi connectivity index (χ2n) is 4.53. The average Bonchev–Trinajstić information content (AvgIpc) is 3.04. The Kier molecular flexibility index (Phi) is 4.49. The molecule has 0 saturated carbocycles. The molecule has 0 radical (unpaired) electrons. The van der Waals surface area contributed by atoms with Crippen LogP contribution in [0.4, 0.5) is 5.00 Å². The van der Waals surface area contributed by atoms with E-state index in [1.165, 1.54) is 18.6 Å². The number of carbonyl (C=O) groups is 1. The number of likely N-dealkylation sites (tertiary alicyclic amines) is 1. The minimum absolute atomic E-state index is 0.00111. The third kappa shape index (κ3) is 3.30. The lowest BCUT2D eigenvalue weighted by atomic mass is 10.2. The maximum atomic E-state index is 11.9. The van der Waals surface area contributed by atoms with Crippen molar-refractivity contribution in [3.8, 4) is 0 Å². The van der Waals surface area contributed by atoms with E-state index in [4.69, 9.17) is 0 Å². The summed E-state index contributed by atoms with van der Waals surface area (Å²) in [6, 6.07) is 3.27. The molecule has 1 aromatic rings. The first-order chi connectivity index (χ1) is 9.11. The van der Waals surface area contributed by atoms with Crippen LogP contribution in [-0.2, 0) is 0 Å². The van der Waals surface area contributed by atoms with Gasteiger partial charge in [-0.3, -0.25) is 19.8 Å². The van der Waals surface area contributed by atoms with E-state index >= 15 is 0 Å². The third-order valence-electron chi connectivity index (χ3n) is 3.40. The van der Waals surface area contributed by atoms with Gasteiger partial charge in [-0.1, -0.05) is 18.3 Å². The van der Waals surface area contributed by atoms with Crippen LogP contribution in [0.1, 0.15) is 29.4 Å². The van der Waals surface area contributed by atoms with Crippen LogP contribution in [0.2, 0.25) is 0 Å². The number of thiophene rings is 1. The van der Waals surface area contributed by atoms with Crippen LogP contribution in [0, 0.1) is 10.1 Å². The zero-order valence-electron chi connectivity index (χ0n) is 10.8. The molecule has 1 unspecified atom stereocenters. The van der Waals surface area contributed by atoms with Crippen molar-refractivity contribution in [2.75, 3.05) is 19.6 Å². The standard InChI is InChI=1S/C12H17N3O3S/c1-2-14-7-3-4-9(14)8-13-12(16)10-5-6-11(19-10)15(17)18/h5-6,9H,2-4,7-8H2,1H3,(H,13,16). The summed E-state index contributed by atoms with van der Waals surface area (Å²) in [5, 5.41) is 13.4. The lowest BCUT2D eigenvalue weighted by Gasteiger charge is -2.22. The number of nitro groups is 1. The van der Waals surface area contributed by atoms with E-state index in [0.717, 1.165) is 30.8 Å². The fourth-order valence-electron chi connectivity index (χ4n) is 2.39. The largest absolute Gasteiger partial charge is 0.350 e. The third-order valence-corrected chi connectivity index (χ3v) is 4.43. The van der Waals surface area contributed by atoms with Gasteiger partial charge in [-0.25, -0.2) is 0 Å². The van der Waals surface area contributed by atoms with Crippen molar-refractivity contribution < 1.29 is 9.72 Å². The molecule has 7 heteroatoms. The topological polar surface area (TPSA) is 75.5 Å². The predicted molar refractivity (Wildman–Crippen MR) is 73.6 cm³/mol. The number of likely N-dealkylation sites (N-methyl/N-ethyl adjacent to an activating group) is 1. The number of hydrogen-bond donors (Lipinski definition) is 1. The smallest absolute Gasteiger partial charge is 0.324 e. The summed E-state index contributed by atoms with van der Waals surface area (Å²) >= 11 is 0.913. The quantitative estimate of drug-likeness (QED) is 0.661. The first-order valence-electron chi connectivity index (χ1n) is 6.38. The molecule has 0 aromatic carbocycles. The molecule has 1 amide bonds. The summed E-state index contributed by atoms with van der Waals surface area (Å²) < 4.78 is 0. The summed E-state index contributed by atoms with van der Waals surface area (Å²) in [6.45, 7) is 4.80. The number of hydrogen-bond acceptors (Lipinski definition) is 5. The van der Waals surface area contributed by atoms with E-state index in [1.54, 1.807) is 0 Å². The fourth-order valence-corrected chi connectivity index (χ4v) is 3.12. The van der Waals surface area contributed by atoms with Gasteiger partial charge in [0.15, 0.2) is 0 Å². The molecule has 0 bridgehead atoms. The van der Waals surface area contributed by atoms with Crippen LogP contribution in [0.15, 0.2) is 12.1 Å². The van der Waals surface area contributed by atoms with Gasteiger partial charge >= 0.3 is 5.00 Å². The second-order valence-corrected chi connectivity index (χ2v) is 5.59. The Morgan fingerprint density at radius 2 is 2.42 bits per heavy atom. The van der Waals surface area contributed by atoms with E-state index < -0.39 is 4.92 Å². The molecule has 1 aliphatic heterocycles. The Morgan fingerprint density at radius 1 is 1.63 bits per heavy atom. The molecule has 19 heavy (non-hydrogen) atoms. The molecule has 0 spiro atoms. The first-order valence-corrected chi connectivity index (χ1v) is 7.20. The van der Waals surface area contributed by atoms with Crippen molar-refractivity contribution >= 4 is 22.2 Å². The number of amides is 1. The zero-order valence-corrected chi connectivity index (χ0v) is 11.6. The Morgan fingerprint density at radius 3 is 3.05 bits per heavy atom. The summed E-state index contributed by atoms with van der Waals surface area (Å²) in [4.78, 5) is 24.7. The lowest BCUT2D eigenvalue weighted by Crippen LogP contribution is -2.39. The van der Waals surface area contributed by atoms with Crippen LogP contribution in [-0.4, -0.2) is 41.4 Å². The number of nitrogens with zero attached hydrogens (tertiary/aromatic N) is 2. The van der Waals surface area contributed by atoms with Crippen LogP contribution >= 0.6 is 11.3 Å². The van der Waals surface area contributed by atoms with E-state index in [2.05, 4.69) is 17.1 Å². The van der Waals surface area contributed by atoms with E-state index in [1.807, 2.05) is 0 Å². The van der Waals surface area contributed by atoms with Gasteiger partial charge in [-0.05, 0) is 32.0 Å². The Labute approximate surface area is 115 Å². The Balaban J connectivity index is 1.88. The molecule has 1 N–H and O–H groups in total. The van der Waals surface area contributed by atoms with Crippen LogP contribution in [0.25, 0.3) is 0 Å². The minimum atomic E-state index is -0.475. The van der Waals surface area contributed by atoms with Gasteiger partial charge in [0.1, 0.15) is 0 Å². The molecular formula is C12H17N3O3S. The van der Waals surface area contributed by atoms with Crippen molar-refractivity contribution in [3.63, 3.8) is 0 Å². The highest BCUT2D eigenvalue weighted by atomic mass is 32.1. The summed E-state index contributed by atoms with van der Waals surface area (Å²) in [6.07, 6.45) is 2.26. The van der Waals surface area contributed by atoms with E-state index in [9.17, 15) is 14.9 Å². The van der Waals surface area contributed by atoms with Gasteiger partial charge < -0.3 is 5.32 Å². The van der Waals surface area contributed by atoms with E-state index in [-0.39, 0.29) is 10.9 Å². The molecule has 2 rings (SSSR count).